The van der Waals surface area contributed by atoms with Gasteiger partial charge in [-0.3, -0.25) is 9.59 Å². The highest BCUT2D eigenvalue weighted by atomic mass is 35.5. The van der Waals surface area contributed by atoms with Crippen molar-refractivity contribution in [2.24, 2.45) is 5.92 Å². The molecule has 0 aromatic heterocycles. The number of halogens is 1. The van der Waals surface area contributed by atoms with E-state index in [-0.39, 0.29) is 29.6 Å². The molecular formula is C16H28ClN3O2S2. The number of likely N-dealkylation sites (tertiary alicyclic amines) is 1. The largest absolute Gasteiger partial charge is 0.354 e. The second-order valence-corrected chi connectivity index (χ2v) is 9.08. The van der Waals surface area contributed by atoms with Gasteiger partial charge in [-0.1, -0.05) is 0 Å². The first-order valence-corrected chi connectivity index (χ1v) is 10.9. The van der Waals surface area contributed by atoms with Crippen LogP contribution < -0.4 is 10.6 Å². The Morgan fingerprint density at radius 3 is 2.79 bits per heavy atom. The van der Waals surface area contributed by atoms with Crippen molar-refractivity contribution in [3.8, 4) is 0 Å². The number of hydrogen-bond donors (Lipinski definition) is 2. The van der Waals surface area contributed by atoms with Crippen molar-refractivity contribution >= 4 is 47.7 Å². The van der Waals surface area contributed by atoms with E-state index < -0.39 is 0 Å². The Kier molecular flexibility index (Phi) is 8.54. The zero-order chi connectivity index (χ0) is 16.1. The third-order valence-electron chi connectivity index (χ3n) is 4.86. The van der Waals surface area contributed by atoms with Crippen molar-refractivity contribution < 1.29 is 9.59 Å². The Labute approximate surface area is 159 Å². The van der Waals surface area contributed by atoms with Gasteiger partial charge in [-0.25, -0.2) is 0 Å². The molecule has 0 aromatic carbocycles. The van der Waals surface area contributed by atoms with E-state index in [0.717, 1.165) is 62.6 Å². The fourth-order valence-corrected chi connectivity index (χ4v) is 6.17. The molecule has 3 heterocycles. The lowest BCUT2D eigenvalue weighted by molar-refractivity contribution is -0.132. The lowest BCUT2D eigenvalue weighted by Gasteiger charge is -2.35. The average molecular weight is 394 g/mol. The summed E-state index contributed by atoms with van der Waals surface area (Å²) in [5.41, 5.74) is 0. The molecule has 138 valence electrons. The molecule has 24 heavy (non-hydrogen) atoms. The van der Waals surface area contributed by atoms with Crippen LogP contribution in [0.5, 0.6) is 0 Å². The van der Waals surface area contributed by atoms with Gasteiger partial charge in [0.2, 0.25) is 11.8 Å². The fourth-order valence-electron chi connectivity index (χ4n) is 3.54. The monoisotopic (exact) mass is 393 g/mol. The smallest absolute Gasteiger partial charge is 0.237 e. The summed E-state index contributed by atoms with van der Waals surface area (Å²) in [5.74, 6) is 4.05. The van der Waals surface area contributed by atoms with Crippen molar-refractivity contribution in [1.29, 1.82) is 0 Å². The number of amides is 2. The summed E-state index contributed by atoms with van der Waals surface area (Å²) < 4.78 is 0. The van der Waals surface area contributed by atoms with Gasteiger partial charge in [0.25, 0.3) is 0 Å². The summed E-state index contributed by atoms with van der Waals surface area (Å²) in [6, 6.07) is -0.00742. The molecule has 8 heteroatoms. The highest BCUT2D eigenvalue weighted by Gasteiger charge is 2.31. The third-order valence-corrected chi connectivity index (χ3v) is 7.61. The number of nitrogens with zero attached hydrogens (tertiary/aromatic N) is 1. The number of hydrogen-bond acceptors (Lipinski definition) is 5. The third kappa shape index (κ3) is 5.44. The van der Waals surface area contributed by atoms with Gasteiger partial charge >= 0.3 is 0 Å². The highest BCUT2D eigenvalue weighted by Crippen LogP contribution is 2.27. The standard InChI is InChI=1S/C16H27N3O2S2.ClH/c20-15(13-4-1-5-17-13)18-9-12-3-2-6-19(10-12)16(21)14-11-22-7-8-23-14;/h12-14,17H,1-11H2,(H,18,20);1H. The van der Waals surface area contributed by atoms with Crippen LogP contribution in [-0.2, 0) is 9.59 Å². The number of rotatable bonds is 4. The molecule has 0 aromatic rings. The molecule has 3 unspecified atom stereocenters. The zero-order valence-corrected chi connectivity index (χ0v) is 16.4. The molecule has 3 aliphatic heterocycles. The molecule has 0 radical (unpaired) electrons. The van der Waals surface area contributed by atoms with E-state index in [1.165, 1.54) is 0 Å². The summed E-state index contributed by atoms with van der Waals surface area (Å²) >= 11 is 3.70. The van der Waals surface area contributed by atoms with Gasteiger partial charge < -0.3 is 15.5 Å². The number of piperidine rings is 1. The van der Waals surface area contributed by atoms with E-state index in [4.69, 9.17) is 0 Å². The lowest BCUT2D eigenvalue weighted by atomic mass is 9.97. The van der Waals surface area contributed by atoms with Gasteiger partial charge in [0.1, 0.15) is 0 Å². The van der Waals surface area contributed by atoms with Gasteiger partial charge in [-0.05, 0) is 38.1 Å². The van der Waals surface area contributed by atoms with Crippen molar-refractivity contribution in [2.75, 3.05) is 43.4 Å². The summed E-state index contributed by atoms with van der Waals surface area (Å²) in [4.78, 5) is 26.8. The summed E-state index contributed by atoms with van der Waals surface area (Å²) in [5, 5.41) is 6.46. The zero-order valence-electron chi connectivity index (χ0n) is 14.0. The molecule has 3 saturated heterocycles. The lowest BCUT2D eigenvalue weighted by Crippen LogP contribution is -2.49. The van der Waals surface area contributed by atoms with Gasteiger partial charge in [0, 0.05) is 36.9 Å². The van der Waals surface area contributed by atoms with Crippen LogP contribution in [0.25, 0.3) is 0 Å². The van der Waals surface area contributed by atoms with Crippen LogP contribution in [0.15, 0.2) is 0 Å². The van der Waals surface area contributed by atoms with E-state index >= 15 is 0 Å². The Balaban J connectivity index is 0.00000208. The minimum atomic E-state index is -0.00742. The molecule has 2 N–H and O–H groups in total. The topological polar surface area (TPSA) is 61.4 Å². The predicted molar refractivity (Wildman–Crippen MR) is 104 cm³/mol. The maximum atomic E-state index is 12.6. The first kappa shape index (κ1) is 20.2. The van der Waals surface area contributed by atoms with Crippen LogP contribution in [0, 0.1) is 5.92 Å². The van der Waals surface area contributed by atoms with Gasteiger partial charge in [-0.15, -0.1) is 24.2 Å². The Hall–Kier alpha value is -0.110. The summed E-state index contributed by atoms with van der Waals surface area (Å²) in [6.45, 7) is 3.34. The van der Waals surface area contributed by atoms with Crippen LogP contribution in [0.1, 0.15) is 25.7 Å². The molecule has 0 spiro atoms. The fraction of sp³-hybridized carbons (Fsp3) is 0.875. The number of carbonyl (C=O) groups excluding carboxylic acids is 2. The average Bonchev–Trinajstić information content (AvgIpc) is 3.15. The van der Waals surface area contributed by atoms with Crippen molar-refractivity contribution in [2.45, 2.75) is 37.0 Å². The molecule has 0 aliphatic carbocycles. The molecule has 3 aliphatic rings. The van der Waals surface area contributed by atoms with E-state index in [1.54, 1.807) is 0 Å². The number of nitrogens with one attached hydrogen (secondary N) is 2. The van der Waals surface area contributed by atoms with E-state index in [2.05, 4.69) is 10.6 Å². The minimum absolute atomic E-state index is 0. The van der Waals surface area contributed by atoms with Gasteiger partial charge in [0.15, 0.2) is 0 Å². The van der Waals surface area contributed by atoms with E-state index in [9.17, 15) is 9.59 Å². The minimum Gasteiger partial charge on any atom is -0.354 e. The first-order valence-electron chi connectivity index (χ1n) is 8.73. The van der Waals surface area contributed by atoms with Gasteiger partial charge in [-0.2, -0.15) is 11.8 Å². The highest BCUT2D eigenvalue weighted by molar-refractivity contribution is 8.07. The Morgan fingerprint density at radius 2 is 2.08 bits per heavy atom. The van der Waals surface area contributed by atoms with Crippen molar-refractivity contribution in [3.05, 3.63) is 0 Å². The van der Waals surface area contributed by atoms with E-state index in [1.807, 2.05) is 28.4 Å². The van der Waals surface area contributed by atoms with Crippen molar-refractivity contribution in [3.63, 3.8) is 0 Å². The molecule has 5 nitrogen and oxygen atoms in total. The number of carbonyl (C=O) groups is 2. The predicted octanol–water partition coefficient (Wildman–Crippen LogP) is 1.36. The quantitative estimate of drug-likeness (QED) is 0.755. The molecule has 0 saturated carbocycles. The van der Waals surface area contributed by atoms with Crippen molar-refractivity contribution in [1.82, 2.24) is 15.5 Å². The van der Waals surface area contributed by atoms with Crippen LogP contribution in [0.2, 0.25) is 0 Å². The molecule has 3 fully saturated rings. The summed E-state index contributed by atoms with van der Waals surface area (Å²) in [6.07, 6.45) is 4.19. The maximum Gasteiger partial charge on any atom is 0.237 e. The summed E-state index contributed by atoms with van der Waals surface area (Å²) in [7, 11) is 0. The molecular weight excluding hydrogens is 366 g/mol. The van der Waals surface area contributed by atoms with Gasteiger partial charge in [0.05, 0.1) is 11.3 Å². The van der Waals surface area contributed by atoms with Crippen LogP contribution in [0.4, 0.5) is 0 Å². The second kappa shape index (κ2) is 10.1. The second-order valence-electron chi connectivity index (χ2n) is 6.62. The SMILES string of the molecule is Cl.O=C(NCC1CCCN(C(=O)C2CSCCS2)C1)C1CCCN1. The maximum absolute atomic E-state index is 12.6. The Morgan fingerprint density at radius 1 is 1.21 bits per heavy atom. The normalized spacial score (nSPS) is 30.5. The molecule has 3 atom stereocenters. The molecule has 0 bridgehead atoms. The van der Waals surface area contributed by atoms with Crippen LogP contribution in [-0.4, -0.2) is 71.4 Å². The van der Waals surface area contributed by atoms with Crippen LogP contribution in [0.3, 0.4) is 0 Å². The van der Waals surface area contributed by atoms with E-state index in [0.29, 0.717) is 18.4 Å². The Bertz CT molecular complexity index is 430. The first-order chi connectivity index (χ1) is 11.2. The number of thioether (sulfide) groups is 2. The van der Waals surface area contributed by atoms with Crippen LogP contribution >= 0.6 is 35.9 Å². The molecule has 2 amide bonds. The molecule has 3 rings (SSSR count).